The molecule has 0 fully saturated rings. The molecule has 1 nitrogen and oxygen atoms in total. The van der Waals surface area contributed by atoms with E-state index in [4.69, 9.17) is 0 Å². The standard InChI is InChI=1S/C8H10OS/c1-6-7(5-10)3-2-4-8(6)9/h2-4,9-10H,5H2,1H3. The average molecular weight is 154 g/mol. The number of hydrogen-bond donors (Lipinski definition) is 2. The third-order valence-electron chi connectivity index (χ3n) is 1.59. The third-order valence-corrected chi connectivity index (χ3v) is 1.93. The predicted molar refractivity (Wildman–Crippen MR) is 45.5 cm³/mol. The van der Waals surface area contributed by atoms with Crippen LogP contribution in [0.1, 0.15) is 11.1 Å². The molecule has 0 heterocycles. The van der Waals surface area contributed by atoms with Gasteiger partial charge in [-0.15, -0.1) is 0 Å². The van der Waals surface area contributed by atoms with Crippen LogP contribution in [0.2, 0.25) is 0 Å². The minimum Gasteiger partial charge on any atom is -0.508 e. The molecule has 0 aliphatic rings. The highest BCUT2D eigenvalue weighted by Crippen LogP contribution is 2.20. The van der Waals surface area contributed by atoms with Gasteiger partial charge in [0.25, 0.3) is 0 Å². The van der Waals surface area contributed by atoms with Crippen molar-refractivity contribution in [3.63, 3.8) is 0 Å². The molecule has 54 valence electrons. The molecule has 10 heavy (non-hydrogen) atoms. The van der Waals surface area contributed by atoms with Crippen molar-refractivity contribution in [3.05, 3.63) is 29.3 Å². The summed E-state index contributed by atoms with van der Waals surface area (Å²) in [5, 5.41) is 9.20. The number of hydrogen-bond acceptors (Lipinski definition) is 2. The highest BCUT2D eigenvalue weighted by molar-refractivity contribution is 7.79. The summed E-state index contributed by atoms with van der Waals surface area (Å²) in [5.74, 6) is 1.03. The van der Waals surface area contributed by atoms with E-state index in [0.29, 0.717) is 11.5 Å². The molecule has 0 bridgehead atoms. The Hall–Kier alpha value is -0.630. The van der Waals surface area contributed by atoms with Crippen molar-refractivity contribution in [2.45, 2.75) is 12.7 Å². The van der Waals surface area contributed by atoms with Crippen molar-refractivity contribution in [1.82, 2.24) is 0 Å². The maximum atomic E-state index is 9.20. The number of phenols is 1. The minimum atomic E-state index is 0.353. The molecule has 0 radical (unpaired) electrons. The van der Waals surface area contributed by atoms with Crippen molar-refractivity contribution >= 4 is 12.6 Å². The molecule has 1 aromatic carbocycles. The summed E-state index contributed by atoms with van der Waals surface area (Å²) in [7, 11) is 0. The smallest absolute Gasteiger partial charge is 0.118 e. The summed E-state index contributed by atoms with van der Waals surface area (Å²) < 4.78 is 0. The zero-order valence-electron chi connectivity index (χ0n) is 5.83. The number of thiol groups is 1. The normalized spacial score (nSPS) is 9.80. The van der Waals surface area contributed by atoms with Crippen molar-refractivity contribution < 1.29 is 5.11 Å². The molecule has 1 N–H and O–H groups in total. The molecular formula is C8H10OS. The van der Waals surface area contributed by atoms with Gasteiger partial charge in [-0.1, -0.05) is 12.1 Å². The molecule has 1 rings (SSSR count). The van der Waals surface area contributed by atoms with Crippen LogP contribution in [0.4, 0.5) is 0 Å². The Bertz CT molecular complexity index is 233. The topological polar surface area (TPSA) is 20.2 Å². The lowest BCUT2D eigenvalue weighted by Crippen LogP contribution is -1.83. The van der Waals surface area contributed by atoms with Gasteiger partial charge in [0.2, 0.25) is 0 Å². The second kappa shape index (κ2) is 2.97. The Morgan fingerprint density at radius 2 is 2.20 bits per heavy atom. The summed E-state index contributed by atoms with van der Waals surface area (Å²) in [6, 6.07) is 5.47. The molecule has 0 aliphatic heterocycles. The highest BCUT2D eigenvalue weighted by atomic mass is 32.1. The largest absolute Gasteiger partial charge is 0.508 e. The zero-order valence-corrected chi connectivity index (χ0v) is 6.73. The van der Waals surface area contributed by atoms with E-state index in [0.717, 1.165) is 11.1 Å². The van der Waals surface area contributed by atoms with Gasteiger partial charge in [0.1, 0.15) is 5.75 Å². The van der Waals surface area contributed by atoms with Crippen LogP contribution in [0.15, 0.2) is 18.2 Å². The van der Waals surface area contributed by atoms with E-state index >= 15 is 0 Å². The van der Waals surface area contributed by atoms with Gasteiger partial charge in [-0.3, -0.25) is 0 Å². The van der Waals surface area contributed by atoms with Crippen LogP contribution < -0.4 is 0 Å². The lowest BCUT2D eigenvalue weighted by Gasteiger charge is -2.02. The van der Waals surface area contributed by atoms with Crippen molar-refractivity contribution in [3.8, 4) is 5.75 Å². The van der Waals surface area contributed by atoms with Gasteiger partial charge in [0, 0.05) is 5.75 Å². The van der Waals surface area contributed by atoms with Gasteiger partial charge < -0.3 is 5.11 Å². The Morgan fingerprint density at radius 3 is 2.70 bits per heavy atom. The molecule has 0 atom stereocenters. The SMILES string of the molecule is Cc1c(O)cccc1CS. The maximum absolute atomic E-state index is 9.20. The summed E-state index contributed by atoms with van der Waals surface area (Å²) in [4.78, 5) is 0. The molecule has 2 heteroatoms. The first-order chi connectivity index (χ1) is 4.75. The molecular weight excluding hydrogens is 144 g/mol. The van der Waals surface area contributed by atoms with Crippen LogP contribution in [0.5, 0.6) is 5.75 Å². The van der Waals surface area contributed by atoms with Crippen LogP contribution in [-0.2, 0) is 5.75 Å². The van der Waals surface area contributed by atoms with Gasteiger partial charge in [-0.25, -0.2) is 0 Å². The summed E-state index contributed by atoms with van der Waals surface area (Å²) in [6.45, 7) is 1.89. The van der Waals surface area contributed by atoms with Gasteiger partial charge in [-0.2, -0.15) is 12.6 Å². The first-order valence-electron chi connectivity index (χ1n) is 3.14. The van der Waals surface area contributed by atoms with Gasteiger partial charge in [-0.05, 0) is 24.1 Å². The monoisotopic (exact) mass is 154 g/mol. The van der Waals surface area contributed by atoms with Crippen LogP contribution in [0, 0.1) is 6.92 Å². The van der Waals surface area contributed by atoms with Crippen LogP contribution in [0.3, 0.4) is 0 Å². The van der Waals surface area contributed by atoms with Crippen molar-refractivity contribution in [1.29, 1.82) is 0 Å². The first-order valence-corrected chi connectivity index (χ1v) is 3.77. The lowest BCUT2D eigenvalue weighted by atomic mass is 10.1. The molecule has 0 saturated heterocycles. The Balaban J connectivity index is 3.14. The summed E-state index contributed by atoms with van der Waals surface area (Å²) >= 11 is 4.12. The van der Waals surface area contributed by atoms with Crippen LogP contribution >= 0.6 is 12.6 Å². The Labute approximate surface area is 66.1 Å². The molecule has 0 saturated carbocycles. The maximum Gasteiger partial charge on any atom is 0.118 e. The lowest BCUT2D eigenvalue weighted by molar-refractivity contribution is 0.470. The first kappa shape index (κ1) is 7.48. The van der Waals surface area contributed by atoms with E-state index in [9.17, 15) is 5.11 Å². The van der Waals surface area contributed by atoms with Gasteiger partial charge in [0.05, 0.1) is 0 Å². The van der Waals surface area contributed by atoms with Crippen LogP contribution in [-0.4, -0.2) is 5.11 Å². The van der Waals surface area contributed by atoms with Gasteiger partial charge in [0.15, 0.2) is 0 Å². The van der Waals surface area contributed by atoms with Crippen LogP contribution in [0.25, 0.3) is 0 Å². The summed E-state index contributed by atoms with van der Waals surface area (Å²) in [6.07, 6.45) is 0. The molecule has 0 aliphatic carbocycles. The van der Waals surface area contributed by atoms with E-state index in [1.807, 2.05) is 19.1 Å². The molecule has 1 aromatic rings. The van der Waals surface area contributed by atoms with E-state index in [2.05, 4.69) is 12.6 Å². The fourth-order valence-corrected chi connectivity index (χ4v) is 1.18. The zero-order chi connectivity index (χ0) is 7.56. The number of aromatic hydroxyl groups is 1. The van der Waals surface area contributed by atoms with E-state index < -0.39 is 0 Å². The average Bonchev–Trinajstić information content (AvgIpc) is 1.95. The quantitative estimate of drug-likeness (QED) is 0.594. The Morgan fingerprint density at radius 1 is 1.50 bits per heavy atom. The number of benzene rings is 1. The van der Waals surface area contributed by atoms with E-state index in [1.165, 1.54) is 0 Å². The van der Waals surface area contributed by atoms with Gasteiger partial charge >= 0.3 is 0 Å². The number of phenolic OH excluding ortho intramolecular Hbond substituents is 1. The Kier molecular flexibility index (Phi) is 2.22. The van der Waals surface area contributed by atoms with E-state index in [-0.39, 0.29) is 0 Å². The molecule has 0 amide bonds. The van der Waals surface area contributed by atoms with Crippen molar-refractivity contribution in [2.75, 3.05) is 0 Å². The highest BCUT2D eigenvalue weighted by Gasteiger charge is 1.98. The molecule has 0 aromatic heterocycles. The minimum absolute atomic E-state index is 0.353. The van der Waals surface area contributed by atoms with E-state index in [1.54, 1.807) is 6.07 Å². The number of rotatable bonds is 1. The second-order valence-electron chi connectivity index (χ2n) is 2.22. The third kappa shape index (κ3) is 1.27. The molecule has 0 spiro atoms. The fraction of sp³-hybridized carbons (Fsp3) is 0.250. The predicted octanol–water partition coefficient (Wildman–Crippen LogP) is 2.13. The fourth-order valence-electron chi connectivity index (χ4n) is 0.841. The molecule has 0 unspecified atom stereocenters. The summed E-state index contributed by atoms with van der Waals surface area (Å²) in [5.41, 5.74) is 2.01. The van der Waals surface area contributed by atoms with Crippen molar-refractivity contribution in [2.24, 2.45) is 0 Å². The second-order valence-corrected chi connectivity index (χ2v) is 2.54.